The van der Waals surface area contributed by atoms with Crippen LogP contribution >= 0.6 is 0 Å². The first-order valence-corrected chi connectivity index (χ1v) is 6.75. The molecular formula is C16H22O. The number of phenols is 1. The highest BCUT2D eigenvalue weighted by atomic mass is 16.3. The monoisotopic (exact) mass is 230 g/mol. The molecule has 3 rings (SSSR count). The van der Waals surface area contributed by atoms with Crippen molar-refractivity contribution in [3.63, 3.8) is 0 Å². The van der Waals surface area contributed by atoms with E-state index in [1.165, 1.54) is 24.8 Å². The Labute approximate surface area is 104 Å². The van der Waals surface area contributed by atoms with Crippen LogP contribution in [0.2, 0.25) is 0 Å². The van der Waals surface area contributed by atoms with E-state index in [2.05, 4.69) is 32.9 Å². The Hall–Kier alpha value is -0.980. The van der Waals surface area contributed by atoms with Crippen molar-refractivity contribution in [2.45, 2.75) is 46.0 Å². The molecule has 92 valence electrons. The highest BCUT2D eigenvalue weighted by Gasteiger charge is 2.61. The van der Waals surface area contributed by atoms with Gasteiger partial charge in [-0.2, -0.15) is 0 Å². The van der Waals surface area contributed by atoms with Gasteiger partial charge in [-0.3, -0.25) is 0 Å². The largest absolute Gasteiger partial charge is 0.508 e. The van der Waals surface area contributed by atoms with Crippen LogP contribution in [0.15, 0.2) is 24.3 Å². The number of aromatic hydroxyl groups is 1. The predicted molar refractivity (Wildman–Crippen MR) is 70.1 cm³/mol. The van der Waals surface area contributed by atoms with Crippen molar-refractivity contribution < 1.29 is 5.11 Å². The van der Waals surface area contributed by atoms with Gasteiger partial charge >= 0.3 is 0 Å². The fraction of sp³-hybridized carbons (Fsp3) is 0.625. The lowest BCUT2D eigenvalue weighted by atomic mass is 9.65. The number of hydrogen-bond acceptors (Lipinski definition) is 1. The van der Waals surface area contributed by atoms with E-state index in [-0.39, 0.29) is 0 Å². The molecule has 2 fully saturated rings. The fourth-order valence-electron chi connectivity index (χ4n) is 4.46. The van der Waals surface area contributed by atoms with E-state index in [0.717, 1.165) is 5.92 Å². The van der Waals surface area contributed by atoms with Crippen LogP contribution in [0.3, 0.4) is 0 Å². The Balaban J connectivity index is 2.06. The fourth-order valence-corrected chi connectivity index (χ4v) is 4.46. The third-order valence-electron chi connectivity index (χ3n) is 6.11. The van der Waals surface area contributed by atoms with Gasteiger partial charge in [-0.1, -0.05) is 39.0 Å². The maximum Gasteiger partial charge on any atom is 0.119 e. The molecule has 0 heterocycles. The van der Waals surface area contributed by atoms with E-state index in [4.69, 9.17) is 0 Å². The normalized spacial score (nSPS) is 38.5. The zero-order chi connectivity index (χ0) is 12.3. The molecule has 0 spiro atoms. The Morgan fingerprint density at radius 3 is 2.41 bits per heavy atom. The molecule has 1 heteroatoms. The molecule has 1 aromatic carbocycles. The van der Waals surface area contributed by atoms with E-state index < -0.39 is 0 Å². The molecule has 2 aliphatic rings. The number of benzene rings is 1. The smallest absolute Gasteiger partial charge is 0.119 e. The van der Waals surface area contributed by atoms with Crippen LogP contribution in [-0.4, -0.2) is 5.11 Å². The summed E-state index contributed by atoms with van der Waals surface area (Å²) >= 11 is 0. The van der Waals surface area contributed by atoms with Gasteiger partial charge in [-0.05, 0) is 53.6 Å². The summed E-state index contributed by atoms with van der Waals surface area (Å²) in [6, 6.07) is 7.91. The molecule has 2 saturated carbocycles. The maximum absolute atomic E-state index is 10.1. The molecule has 0 unspecified atom stereocenters. The maximum atomic E-state index is 10.1. The van der Waals surface area contributed by atoms with Crippen molar-refractivity contribution in [1.82, 2.24) is 0 Å². The average Bonchev–Trinajstić information content (AvgIpc) is 2.62. The second kappa shape index (κ2) is 3.28. The van der Waals surface area contributed by atoms with Crippen LogP contribution in [0.1, 0.15) is 51.5 Å². The van der Waals surface area contributed by atoms with Gasteiger partial charge in [0.05, 0.1) is 0 Å². The van der Waals surface area contributed by atoms with Crippen LogP contribution in [0, 0.1) is 16.7 Å². The Morgan fingerprint density at radius 2 is 1.88 bits per heavy atom. The van der Waals surface area contributed by atoms with Crippen LogP contribution in [-0.2, 0) is 0 Å². The second-order valence-corrected chi connectivity index (χ2v) is 6.72. The minimum atomic E-state index is 0.358. The van der Waals surface area contributed by atoms with Gasteiger partial charge in [0.25, 0.3) is 0 Å². The van der Waals surface area contributed by atoms with Gasteiger partial charge in [0.2, 0.25) is 0 Å². The lowest BCUT2D eigenvalue weighted by Crippen LogP contribution is -2.31. The zero-order valence-electron chi connectivity index (χ0n) is 11.0. The third-order valence-corrected chi connectivity index (χ3v) is 6.11. The van der Waals surface area contributed by atoms with Crippen LogP contribution < -0.4 is 0 Å². The van der Waals surface area contributed by atoms with Gasteiger partial charge in [-0.25, -0.2) is 0 Å². The molecule has 17 heavy (non-hydrogen) atoms. The SMILES string of the molecule is CC1(C)[C@@H]2CC[C@@]1(C)[C@@H](c1ccccc1O)C2. The summed E-state index contributed by atoms with van der Waals surface area (Å²) in [6.07, 6.45) is 3.93. The molecule has 0 amide bonds. The van der Waals surface area contributed by atoms with Crippen molar-refractivity contribution >= 4 is 0 Å². The molecule has 0 radical (unpaired) electrons. The van der Waals surface area contributed by atoms with E-state index in [0.29, 0.717) is 22.5 Å². The molecule has 1 nitrogen and oxygen atoms in total. The highest BCUT2D eigenvalue weighted by Crippen LogP contribution is 2.71. The number of para-hydroxylation sites is 1. The predicted octanol–water partition coefficient (Wildman–Crippen LogP) is 4.32. The number of hydrogen-bond donors (Lipinski definition) is 1. The lowest BCUT2D eigenvalue weighted by Gasteiger charge is -2.39. The molecule has 1 aromatic rings. The summed E-state index contributed by atoms with van der Waals surface area (Å²) in [4.78, 5) is 0. The Morgan fingerprint density at radius 1 is 1.18 bits per heavy atom. The topological polar surface area (TPSA) is 20.2 Å². The minimum absolute atomic E-state index is 0.358. The first-order chi connectivity index (χ1) is 7.97. The van der Waals surface area contributed by atoms with Crippen LogP contribution in [0.4, 0.5) is 0 Å². The zero-order valence-corrected chi connectivity index (χ0v) is 11.0. The van der Waals surface area contributed by atoms with E-state index in [1.807, 2.05) is 12.1 Å². The van der Waals surface area contributed by atoms with E-state index >= 15 is 0 Å². The van der Waals surface area contributed by atoms with Gasteiger partial charge in [-0.15, -0.1) is 0 Å². The Bertz CT molecular complexity index is 449. The van der Waals surface area contributed by atoms with Crippen LogP contribution in [0.25, 0.3) is 0 Å². The summed E-state index contributed by atoms with van der Waals surface area (Å²) in [5, 5.41) is 10.1. The summed E-state index contributed by atoms with van der Waals surface area (Å²) in [5.41, 5.74) is 1.95. The highest BCUT2D eigenvalue weighted by molar-refractivity contribution is 5.38. The van der Waals surface area contributed by atoms with E-state index in [1.54, 1.807) is 0 Å². The minimum Gasteiger partial charge on any atom is -0.508 e. The molecule has 2 aliphatic carbocycles. The summed E-state index contributed by atoms with van der Waals surface area (Å²) < 4.78 is 0. The standard InChI is InChI=1S/C16H22O/c1-15(2)11-8-9-16(15,3)13(10-11)12-6-4-5-7-14(12)17/h4-7,11,13,17H,8-10H2,1-3H3/t11-,13-,16+/m1/s1. The number of fused-ring (bicyclic) bond motifs is 2. The van der Waals surface area contributed by atoms with Crippen molar-refractivity contribution in [1.29, 1.82) is 0 Å². The quantitative estimate of drug-likeness (QED) is 0.761. The first kappa shape index (κ1) is 11.1. The van der Waals surface area contributed by atoms with Crippen molar-refractivity contribution in [2.24, 2.45) is 16.7 Å². The second-order valence-electron chi connectivity index (χ2n) is 6.72. The van der Waals surface area contributed by atoms with Gasteiger partial charge in [0.1, 0.15) is 5.75 Å². The van der Waals surface area contributed by atoms with Crippen molar-refractivity contribution in [3.8, 4) is 5.75 Å². The third kappa shape index (κ3) is 1.26. The number of rotatable bonds is 1. The summed E-state index contributed by atoms with van der Waals surface area (Å²) in [5.74, 6) is 1.86. The summed E-state index contributed by atoms with van der Waals surface area (Å²) in [6.45, 7) is 7.27. The average molecular weight is 230 g/mol. The molecule has 0 aromatic heterocycles. The molecular weight excluding hydrogens is 208 g/mol. The van der Waals surface area contributed by atoms with E-state index in [9.17, 15) is 5.11 Å². The first-order valence-electron chi connectivity index (χ1n) is 6.75. The lowest BCUT2D eigenvalue weighted by molar-refractivity contribution is 0.133. The summed E-state index contributed by atoms with van der Waals surface area (Å²) in [7, 11) is 0. The van der Waals surface area contributed by atoms with Crippen LogP contribution in [0.5, 0.6) is 5.75 Å². The molecule has 2 bridgehead atoms. The molecule has 0 aliphatic heterocycles. The van der Waals surface area contributed by atoms with Crippen molar-refractivity contribution in [3.05, 3.63) is 29.8 Å². The molecule has 1 N–H and O–H groups in total. The Kier molecular flexibility index (Phi) is 2.14. The van der Waals surface area contributed by atoms with Crippen molar-refractivity contribution in [2.75, 3.05) is 0 Å². The van der Waals surface area contributed by atoms with Gasteiger partial charge < -0.3 is 5.11 Å². The molecule has 0 saturated heterocycles. The van der Waals surface area contributed by atoms with Gasteiger partial charge in [0.15, 0.2) is 0 Å². The number of phenolic OH excluding ortho intramolecular Hbond substituents is 1. The van der Waals surface area contributed by atoms with Gasteiger partial charge in [0, 0.05) is 0 Å². The molecule has 3 atom stereocenters.